The van der Waals surface area contributed by atoms with Crippen LogP contribution in [-0.2, 0) is 9.59 Å². The van der Waals surface area contributed by atoms with Crippen molar-refractivity contribution in [1.29, 1.82) is 0 Å². The Hall–Kier alpha value is -1.55. The number of hydrogen-bond donors (Lipinski definition) is 2. The smallest absolute Gasteiger partial charge is 0.305 e. The second-order valence-corrected chi connectivity index (χ2v) is 5.57. The van der Waals surface area contributed by atoms with Crippen molar-refractivity contribution in [3.63, 3.8) is 0 Å². The third-order valence-corrected chi connectivity index (χ3v) is 4.05. The lowest BCUT2D eigenvalue weighted by Crippen LogP contribution is -2.34. The van der Waals surface area contributed by atoms with Crippen LogP contribution in [0.1, 0.15) is 43.7 Å². The highest BCUT2D eigenvalue weighted by molar-refractivity contribution is 6.31. The van der Waals surface area contributed by atoms with Crippen LogP contribution in [0.5, 0.6) is 0 Å². The number of nitrogens with one attached hydrogen (secondary N) is 1. The lowest BCUT2D eigenvalue weighted by molar-refractivity contribution is -0.137. The number of rotatable bonds is 5. The van der Waals surface area contributed by atoms with Gasteiger partial charge in [0.2, 0.25) is 5.91 Å². The molecule has 108 valence electrons. The molecule has 0 bridgehead atoms. The van der Waals surface area contributed by atoms with Gasteiger partial charge in [0.1, 0.15) is 0 Å². The minimum atomic E-state index is -0.957. The van der Waals surface area contributed by atoms with Gasteiger partial charge >= 0.3 is 5.97 Å². The zero-order valence-corrected chi connectivity index (χ0v) is 11.9. The van der Waals surface area contributed by atoms with Gasteiger partial charge in [0.15, 0.2) is 0 Å². The van der Waals surface area contributed by atoms with Gasteiger partial charge < -0.3 is 10.4 Å². The van der Waals surface area contributed by atoms with Gasteiger partial charge in [-0.15, -0.1) is 0 Å². The van der Waals surface area contributed by atoms with Crippen LogP contribution in [0.2, 0.25) is 5.02 Å². The van der Waals surface area contributed by atoms with Crippen LogP contribution in [0, 0.1) is 5.92 Å². The predicted molar refractivity (Wildman–Crippen MR) is 76.5 cm³/mol. The summed E-state index contributed by atoms with van der Waals surface area (Å²) in [5.74, 6) is -1.01. The first-order valence-corrected chi connectivity index (χ1v) is 7.22. The number of carboxylic acids is 1. The summed E-state index contributed by atoms with van der Waals surface area (Å²) in [7, 11) is 0. The molecule has 1 amide bonds. The van der Waals surface area contributed by atoms with E-state index >= 15 is 0 Å². The van der Waals surface area contributed by atoms with Gasteiger partial charge in [0.05, 0.1) is 12.5 Å². The molecule has 1 atom stereocenters. The molecule has 1 aromatic carbocycles. The molecule has 1 aliphatic rings. The van der Waals surface area contributed by atoms with Crippen molar-refractivity contribution in [2.24, 2.45) is 5.92 Å². The zero-order valence-electron chi connectivity index (χ0n) is 11.1. The monoisotopic (exact) mass is 295 g/mol. The molecule has 0 aliphatic heterocycles. The normalized spacial score (nSPS) is 16.9. The topological polar surface area (TPSA) is 66.4 Å². The molecule has 1 fully saturated rings. The van der Waals surface area contributed by atoms with Crippen LogP contribution < -0.4 is 5.32 Å². The molecule has 1 aliphatic carbocycles. The number of carbonyl (C=O) groups excluding carboxylic acids is 1. The summed E-state index contributed by atoms with van der Waals surface area (Å²) in [6, 6.07) is 6.45. The molecule has 0 spiro atoms. The number of aliphatic carboxylic acids is 1. The van der Waals surface area contributed by atoms with E-state index in [1.54, 1.807) is 24.3 Å². The van der Waals surface area contributed by atoms with Crippen molar-refractivity contribution in [3.05, 3.63) is 34.9 Å². The van der Waals surface area contributed by atoms with Crippen LogP contribution in [-0.4, -0.2) is 17.0 Å². The number of carboxylic acid groups (broad SMARTS) is 1. The Morgan fingerprint density at radius 2 is 1.95 bits per heavy atom. The molecule has 2 rings (SSSR count). The number of halogens is 1. The van der Waals surface area contributed by atoms with Crippen molar-refractivity contribution in [3.8, 4) is 0 Å². The van der Waals surface area contributed by atoms with Crippen LogP contribution >= 0.6 is 11.6 Å². The van der Waals surface area contributed by atoms with Crippen LogP contribution in [0.25, 0.3) is 0 Å². The van der Waals surface area contributed by atoms with Crippen LogP contribution in [0.4, 0.5) is 0 Å². The van der Waals surface area contributed by atoms with Gasteiger partial charge in [-0.2, -0.15) is 0 Å². The first kappa shape index (κ1) is 14.9. The number of hydrogen-bond acceptors (Lipinski definition) is 2. The Morgan fingerprint density at radius 3 is 2.55 bits per heavy atom. The maximum Gasteiger partial charge on any atom is 0.305 e. The Kier molecular flexibility index (Phi) is 5.01. The second kappa shape index (κ2) is 6.75. The molecule has 5 heteroatoms. The lowest BCUT2D eigenvalue weighted by Gasteiger charge is -2.20. The van der Waals surface area contributed by atoms with Gasteiger partial charge in [-0.3, -0.25) is 9.59 Å². The first-order chi connectivity index (χ1) is 9.58. The van der Waals surface area contributed by atoms with Gasteiger partial charge in [-0.05, 0) is 24.5 Å². The molecular formula is C15H18ClNO3. The van der Waals surface area contributed by atoms with Crippen LogP contribution in [0.3, 0.4) is 0 Å². The molecule has 20 heavy (non-hydrogen) atoms. The molecule has 1 saturated carbocycles. The van der Waals surface area contributed by atoms with E-state index in [1.165, 1.54) is 0 Å². The maximum atomic E-state index is 12.2. The molecule has 4 nitrogen and oxygen atoms in total. The van der Waals surface area contributed by atoms with Gasteiger partial charge in [0, 0.05) is 10.9 Å². The van der Waals surface area contributed by atoms with Gasteiger partial charge in [-0.25, -0.2) is 0 Å². The van der Waals surface area contributed by atoms with Crippen molar-refractivity contribution in [2.75, 3.05) is 0 Å². The fourth-order valence-electron chi connectivity index (χ4n) is 2.65. The molecule has 0 saturated heterocycles. The molecular weight excluding hydrogens is 278 g/mol. The molecule has 2 N–H and O–H groups in total. The van der Waals surface area contributed by atoms with Gasteiger partial charge in [-0.1, -0.05) is 42.6 Å². The van der Waals surface area contributed by atoms with E-state index in [-0.39, 0.29) is 18.2 Å². The zero-order chi connectivity index (χ0) is 14.5. The minimum absolute atomic E-state index is 0.00813. The van der Waals surface area contributed by atoms with Crippen molar-refractivity contribution in [2.45, 2.75) is 38.1 Å². The standard InChI is InChI=1S/C15H18ClNO3/c16-12-8-4-3-7-11(12)13(9-14(18)19)17-15(20)10-5-1-2-6-10/h3-4,7-8,10,13H,1-2,5-6,9H2,(H,17,20)(H,18,19). The highest BCUT2D eigenvalue weighted by atomic mass is 35.5. The number of benzene rings is 1. The fourth-order valence-corrected chi connectivity index (χ4v) is 2.92. The van der Waals surface area contributed by atoms with E-state index in [0.29, 0.717) is 10.6 Å². The molecule has 1 aromatic rings. The quantitative estimate of drug-likeness (QED) is 0.877. The summed E-state index contributed by atoms with van der Waals surface area (Å²) in [5, 5.41) is 12.3. The molecule has 0 heterocycles. The van der Waals surface area contributed by atoms with E-state index in [1.807, 2.05) is 0 Å². The van der Waals surface area contributed by atoms with Crippen LogP contribution in [0.15, 0.2) is 24.3 Å². The average Bonchev–Trinajstić information content (AvgIpc) is 2.92. The van der Waals surface area contributed by atoms with E-state index in [0.717, 1.165) is 25.7 Å². The Labute approximate surface area is 123 Å². The Bertz CT molecular complexity index is 498. The Morgan fingerprint density at radius 1 is 1.30 bits per heavy atom. The SMILES string of the molecule is O=C(O)CC(NC(=O)C1CCCC1)c1ccccc1Cl. The third kappa shape index (κ3) is 3.73. The first-order valence-electron chi connectivity index (χ1n) is 6.84. The van der Waals surface area contributed by atoms with Crippen molar-refractivity contribution >= 4 is 23.5 Å². The maximum absolute atomic E-state index is 12.2. The minimum Gasteiger partial charge on any atom is -0.481 e. The summed E-state index contributed by atoms with van der Waals surface area (Å²) in [6.45, 7) is 0. The average molecular weight is 296 g/mol. The Balaban J connectivity index is 2.13. The van der Waals surface area contributed by atoms with Gasteiger partial charge in [0.25, 0.3) is 0 Å². The highest BCUT2D eigenvalue weighted by Crippen LogP contribution is 2.28. The highest BCUT2D eigenvalue weighted by Gasteiger charge is 2.27. The van der Waals surface area contributed by atoms with Crippen molar-refractivity contribution < 1.29 is 14.7 Å². The van der Waals surface area contributed by atoms with Crippen molar-refractivity contribution in [1.82, 2.24) is 5.32 Å². The third-order valence-electron chi connectivity index (χ3n) is 3.70. The van der Waals surface area contributed by atoms with E-state index in [4.69, 9.17) is 16.7 Å². The number of carbonyl (C=O) groups is 2. The number of amides is 1. The summed E-state index contributed by atoms with van der Waals surface area (Å²) in [6.07, 6.45) is 3.73. The fraction of sp³-hybridized carbons (Fsp3) is 0.467. The van der Waals surface area contributed by atoms with E-state index in [9.17, 15) is 9.59 Å². The summed E-state index contributed by atoms with van der Waals surface area (Å²) >= 11 is 6.10. The lowest BCUT2D eigenvalue weighted by atomic mass is 10.0. The second-order valence-electron chi connectivity index (χ2n) is 5.16. The van der Waals surface area contributed by atoms with E-state index in [2.05, 4.69) is 5.32 Å². The molecule has 0 radical (unpaired) electrons. The largest absolute Gasteiger partial charge is 0.481 e. The predicted octanol–water partition coefficient (Wildman–Crippen LogP) is 3.16. The van der Waals surface area contributed by atoms with E-state index < -0.39 is 12.0 Å². The molecule has 0 aromatic heterocycles. The molecule has 1 unspecified atom stereocenters. The summed E-state index contributed by atoms with van der Waals surface area (Å²) in [4.78, 5) is 23.2. The summed E-state index contributed by atoms with van der Waals surface area (Å²) < 4.78 is 0. The summed E-state index contributed by atoms with van der Waals surface area (Å²) in [5.41, 5.74) is 0.655.